The van der Waals surface area contributed by atoms with Gasteiger partial charge in [-0.25, -0.2) is 8.42 Å². The molecule has 7 nitrogen and oxygen atoms in total. The molecule has 0 saturated carbocycles. The number of nitro groups is 1. The zero-order valence-corrected chi connectivity index (χ0v) is 15.0. The molecule has 0 aliphatic rings. The molecular formula is C19H17N3O4S. The quantitative estimate of drug-likeness (QED) is 0.385. The highest BCUT2D eigenvalue weighted by Gasteiger charge is 2.24. The van der Waals surface area contributed by atoms with Crippen molar-refractivity contribution in [2.75, 3.05) is 5.73 Å². The molecule has 0 amide bonds. The van der Waals surface area contributed by atoms with Crippen molar-refractivity contribution in [2.24, 2.45) is 0 Å². The zero-order chi connectivity index (χ0) is 19.4. The monoisotopic (exact) mass is 383 g/mol. The van der Waals surface area contributed by atoms with Gasteiger partial charge in [0.25, 0.3) is 5.69 Å². The summed E-state index contributed by atoms with van der Waals surface area (Å²) in [5.41, 5.74) is 7.68. The Morgan fingerprint density at radius 3 is 2.07 bits per heavy atom. The molecule has 0 unspecified atom stereocenters. The highest BCUT2D eigenvalue weighted by atomic mass is 32.2. The van der Waals surface area contributed by atoms with Crippen molar-refractivity contribution in [3.05, 3.63) is 100 Å². The van der Waals surface area contributed by atoms with Crippen LogP contribution in [0.2, 0.25) is 0 Å². The molecule has 138 valence electrons. The minimum Gasteiger partial charge on any atom is -0.398 e. The number of nitrogen functional groups attached to an aromatic ring is 1. The Balaban J connectivity index is 2.01. The van der Waals surface area contributed by atoms with E-state index in [0.717, 1.165) is 17.7 Å². The number of non-ortho nitro benzene ring substituents is 1. The second-order valence-corrected chi connectivity index (χ2v) is 7.56. The maximum Gasteiger partial charge on any atom is 0.269 e. The van der Waals surface area contributed by atoms with Crippen molar-refractivity contribution in [2.45, 2.75) is 10.9 Å². The van der Waals surface area contributed by atoms with Crippen molar-refractivity contribution in [1.29, 1.82) is 0 Å². The van der Waals surface area contributed by atoms with Crippen LogP contribution in [0.5, 0.6) is 0 Å². The number of sulfonamides is 1. The highest BCUT2D eigenvalue weighted by molar-refractivity contribution is 7.89. The summed E-state index contributed by atoms with van der Waals surface area (Å²) in [6.07, 6.45) is 0. The molecule has 8 heteroatoms. The topological polar surface area (TPSA) is 115 Å². The van der Waals surface area contributed by atoms with Crippen molar-refractivity contribution < 1.29 is 13.3 Å². The summed E-state index contributed by atoms with van der Waals surface area (Å²) in [6.45, 7) is 0. The second kappa shape index (κ2) is 7.56. The minimum absolute atomic E-state index is 0.0662. The Morgan fingerprint density at radius 1 is 0.889 bits per heavy atom. The number of rotatable bonds is 6. The van der Waals surface area contributed by atoms with Gasteiger partial charge < -0.3 is 5.73 Å². The van der Waals surface area contributed by atoms with Gasteiger partial charge in [-0.05, 0) is 29.3 Å². The van der Waals surface area contributed by atoms with Gasteiger partial charge in [0.2, 0.25) is 10.0 Å². The number of nitrogens with one attached hydrogen (secondary N) is 1. The summed E-state index contributed by atoms with van der Waals surface area (Å²) in [6, 6.07) is 20.1. The molecule has 0 heterocycles. The summed E-state index contributed by atoms with van der Waals surface area (Å²) in [7, 11) is -3.94. The molecule has 0 fully saturated rings. The van der Waals surface area contributed by atoms with Crippen LogP contribution in [0.25, 0.3) is 0 Å². The molecule has 0 radical (unpaired) electrons. The van der Waals surface area contributed by atoms with Gasteiger partial charge in [-0.2, -0.15) is 4.72 Å². The summed E-state index contributed by atoms with van der Waals surface area (Å²) < 4.78 is 28.4. The predicted molar refractivity (Wildman–Crippen MR) is 103 cm³/mol. The van der Waals surface area contributed by atoms with E-state index in [-0.39, 0.29) is 10.6 Å². The molecule has 0 saturated heterocycles. The standard InChI is InChI=1S/C19H17N3O4S/c20-18-9-5-4-8-17(18)19(14-6-2-1-3-7-14)21-27(25,26)16-12-10-15(11-13-16)22(23)24/h1-13,19,21H,20H2/t19-/m0/s1. The van der Waals surface area contributed by atoms with Gasteiger partial charge in [0, 0.05) is 17.8 Å². The van der Waals surface area contributed by atoms with Gasteiger partial charge in [0.1, 0.15) is 0 Å². The van der Waals surface area contributed by atoms with Crippen LogP contribution in [0.4, 0.5) is 11.4 Å². The van der Waals surface area contributed by atoms with E-state index in [1.807, 2.05) is 18.2 Å². The van der Waals surface area contributed by atoms with Gasteiger partial charge in [-0.1, -0.05) is 48.5 Å². The third kappa shape index (κ3) is 4.13. The molecule has 0 spiro atoms. The van der Waals surface area contributed by atoms with E-state index in [0.29, 0.717) is 11.3 Å². The number of para-hydroxylation sites is 1. The number of hydrogen-bond acceptors (Lipinski definition) is 5. The van der Waals surface area contributed by atoms with Crippen LogP contribution in [0.15, 0.2) is 83.8 Å². The molecule has 0 bridgehead atoms. The van der Waals surface area contributed by atoms with E-state index in [9.17, 15) is 18.5 Å². The van der Waals surface area contributed by atoms with Crippen LogP contribution >= 0.6 is 0 Å². The number of nitrogens with two attached hydrogens (primary N) is 1. The van der Waals surface area contributed by atoms with Gasteiger partial charge >= 0.3 is 0 Å². The van der Waals surface area contributed by atoms with Crippen LogP contribution in [-0.4, -0.2) is 13.3 Å². The first-order valence-corrected chi connectivity index (χ1v) is 9.53. The molecule has 0 aliphatic carbocycles. The minimum atomic E-state index is -3.94. The Kier molecular flexibility index (Phi) is 5.20. The predicted octanol–water partition coefficient (Wildman–Crippen LogP) is 3.24. The first kappa shape index (κ1) is 18.6. The summed E-state index contributed by atoms with van der Waals surface area (Å²) in [5.74, 6) is 0. The lowest BCUT2D eigenvalue weighted by Crippen LogP contribution is -2.30. The first-order valence-electron chi connectivity index (χ1n) is 8.04. The van der Waals surface area contributed by atoms with E-state index < -0.39 is 21.0 Å². The number of hydrogen-bond donors (Lipinski definition) is 2. The lowest BCUT2D eigenvalue weighted by molar-refractivity contribution is -0.384. The van der Waals surface area contributed by atoms with Gasteiger partial charge in [0.15, 0.2) is 0 Å². The fourth-order valence-electron chi connectivity index (χ4n) is 2.70. The molecule has 1 atom stereocenters. The molecule has 3 aromatic rings. The van der Waals surface area contributed by atoms with E-state index in [2.05, 4.69) is 4.72 Å². The van der Waals surface area contributed by atoms with Crippen LogP contribution in [0, 0.1) is 10.1 Å². The molecule has 3 N–H and O–H groups in total. The average molecular weight is 383 g/mol. The number of nitro benzene ring substituents is 1. The average Bonchev–Trinajstić information content (AvgIpc) is 2.67. The van der Waals surface area contributed by atoms with Crippen molar-refractivity contribution in [3.8, 4) is 0 Å². The van der Waals surface area contributed by atoms with Crippen LogP contribution < -0.4 is 10.5 Å². The zero-order valence-electron chi connectivity index (χ0n) is 14.1. The summed E-state index contributed by atoms with van der Waals surface area (Å²) in [4.78, 5) is 10.1. The van der Waals surface area contributed by atoms with E-state index in [4.69, 9.17) is 5.73 Å². The molecule has 3 rings (SSSR count). The van der Waals surface area contributed by atoms with Crippen LogP contribution in [0.1, 0.15) is 17.2 Å². The number of anilines is 1. The Morgan fingerprint density at radius 2 is 1.48 bits per heavy atom. The smallest absolute Gasteiger partial charge is 0.269 e. The molecule has 0 aromatic heterocycles. The maximum absolute atomic E-state index is 12.9. The van der Waals surface area contributed by atoms with E-state index in [1.165, 1.54) is 12.1 Å². The van der Waals surface area contributed by atoms with Gasteiger partial charge in [-0.15, -0.1) is 0 Å². The summed E-state index contributed by atoms with van der Waals surface area (Å²) >= 11 is 0. The SMILES string of the molecule is Nc1ccccc1[C@@H](NS(=O)(=O)c1ccc([N+](=O)[O-])cc1)c1ccccc1. The maximum atomic E-state index is 12.9. The Hall–Kier alpha value is -3.23. The Labute approximate surface area is 156 Å². The second-order valence-electron chi connectivity index (χ2n) is 5.84. The number of benzene rings is 3. The fraction of sp³-hybridized carbons (Fsp3) is 0.0526. The first-order chi connectivity index (χ1) is 12.9. The van der Waals surface area contributed by atoms with E-state index in [1.54, 1.807) is 36.4 Å². The van der Waals surface area contributed by atoms with Gasteiger partial charge in [0.05, 0.1) is 15.9 Å². The number of nitrogens with zero attached hydrogens (tertiary/aromatic N) is 1. The third-order valence-corrected chi connectivity index (χ3v) is 5.51. The molecular weight excluding hydrogens is 366 g/mol. The van der Waals surface area contributed by atoms with Gasteiger partial charge in [-0.3, -0.25) is 10.1 Å². The van der Waals surface area contributed by atoms with Crippen molar-refractivity contribution in [3.63, 3.8) is 0 Å². The highest BCUT2D eigenvalue weighted by Crippen LogP contribution is 2.28. The largest absolute Gasteiger partial charge is 0.398 e. The van der Waals surface area contributed by atoms with Crippen molar-refractivity contribution in [1.82, 2.24) is 4.72 Å². The summed E-state index contributed by atoms with van der Waals surface area (Å²) in [5, 5.41) is 10.8. The normalized spacial score (nSPS) is 12.4. The third-order valence-electron chi connectivity index (χ3n) is 4.07. The molecule has 3 aromatic carbocycles. The fourth-order valence-corrected chi connectivity index (χ4v) is 3.90. The van der Waals surface area contributed by atoms with E-state index >= 15 is 0 Å². The Bertz CT molecular complexity index is 1050. The van der Waals surface area contributed by atoms with Crippen LogP contribution in [0.3, 0.4) is 0 Å². The van der Waals surface area contributed by atoms with Crippen LogP contribution in [-0.2, 0) is 10.0 Å². The lowest BCUT2D eigenvalue weighted by Gasteiger charge is -2.21. The molecule has 0 aliphatic heterocycles. The molecule has 27 heavy (non-hydrogen) atoms. The lowest BCUT2D eigenvalue weighted by atomic mass is 9.98. The van der Waals surface area contributed by atoms with Crippen molar-refractivity contribution >= 4 is 21.4 Å².